The molecular formula is C20H21FN4O4S. The number of halogens is 1. The summed E-state index contributed by atoms with van der Waals surface area (Å²) in [6.07, 6.45) is 4.62. The highest BCUT2D eigenvalue weighted by atomic mass is 32.2. The summed E-state index contributed by atoms with van der Waals surface area (Å²) in [6.45, 7) is 0.678. The minimum Gasteiger partial charge on any atom is -0.387 e. The van der Waals surface area contributed by atoms with E-state index in [-0.39, 0.29) is 29.5 Å². The minimum absolute atomic E-state index is 0.0521. The number of aromatic nitrogens is 1. The van der Waals surface area contributed by atoms with Gasteiger partial charge in [0.05, 0.1) is 11.4 Å². The smallest absolute Gasteiger partial charge is 0.269 e. The van der Waals surface area contributed by atoms with Gasteiger partial charge in [-0.2, -0.15) is 4.31 Å². The molecule has 3 heterocycles. The van der Waals surface area contributed by atoms with Gasteiger partial charge >= 0.3 is 0 Å². The standard InChI is InChI=1S/C20H21FN4O4S/c21-16-3-1-4-17(11-16)30(27,28)25-10-2-7-20(14-25)12-18(24-29-20)19(26)23-13-15-5-8-22-9-6-15/h1,3-6,8-9,11H,2,7,10,12-14H2,(H,23,26). The molecule has 0 radical (unpaired) electrons. The number of amides is 1. The summed E-state index contributed by atoms with van der Waals surface area (Å²) >= 11 is 0. The predicted molar refractivity (Wildman–Crippen MR) is 106 cm³/mol. The Bertz CT molecular complexity index is 1080. The van der Waals surface area contributed by atoms with Crippen LogP contribution in [0.2, 0.25) is 0 Å². The van der Waals surface area contributed by atoms with Crippen LogP contribution in [0, 0.1) is 5.82 Å². The lowest BCUT2D eigenvalue weighted by Gasteiger charge is -2.37. The third kappa shape index (κ3) is 4.19. The molecule has 1 saturated heterocycles. The Labute approximate surface area is 173 Å². The average Bonchev–Trinajstić information content (AvgIpc) is 3.16. The molecule has 2 aliphatic rings. The Morgan fingerprint density at radius 2 is 2.07 bits per heavy atom. The number of hydrogen-bond acceptors (Lipinski definition) is 6. The van der Waals surface area contributed by atoms with Gasteiger partial charge in [-0.25, -0.2) is 12.8 Å². The summed E-state index contributed by atoms with van der Waals surface area (Å²) in [5.74, 6) is -0.967. The number of carbonyl (C=O) groups is 1. The fourth-order valence-corrected chi connectivity index (χ4v) is 5.27. The van der Waals surface area contributed by atoms with Crippen molar-refractivity contribution in [1.29, 1.82) is 0 Å². The van der Waals surface area contributed by atoms with Crippen LogP contribution in [-0.2, 0) is 26.2 Å². The van der Waals surface area contributed by atoms with E-state index in [2.05, 4.69) is 15.5 Å². The SMILES string of the molecule is O=C(NCc1ccncc1)C1=NOC2(CCCN(S(=O)(=O)c3cccc(F)c3)C2)C1. The van der Waals surface area contributed by atoms with E-state index in [1.165, 1.54) is 22.5 Å². The topological polar surface area (TPSA) is 101 Å². The molecule has 30 heavy (non-hydrogen) atoms. The zero-order valence-electron chi connectivity index (χ0n) is 16.1. The van der Waals surface area contributed by atoms with Crippen LogP contribution in [0.25, 0.3) is 0 Å². The normalized spacial score (nSPS) is 21.8. The number of benzene rings is 1. The van der Waals surface area contributed by atoms with Gasteiger partial charge in [-0.3, -0.25) is 9.78 Å². The molecule has 2 aliphatic heterocycles. The molecule has 158 valence electrons. The zero-order chi connectivity index (χ0) is 21.2. The maximum atomic E-state index is 13.5. The molecule has 1 aromatic heterocycles. The van der Waals surface area contributed by atoms with Crippen LogP contribution in [0.4, 0.5) is 4.39 Å². The first-order chi connectivity index (χ1) is 14.4. The number of carbonyl (C=O) groups excluding carboxylic acids is 1. The summed E-state index contributed by atoms with van der Waals surface area (Å²) in [6, 6.07) is 8.52. The average molecular weight is 432 g/mol. The van der Waals surface area contributed by atoms with Gasteiger partial charge in [0.25, 0.3) is 5.91 Å². The second-order valence-corrected chi connectivity index (χ2v) is 9.36. The van der Waals surface area contributed by atoms with Crippen molar-refractivity contribution in [1.82, 2.24) is 14.6 Å². The van der Waals surface area contributed by atoms with Crippen molar-refractivity contribution in [2.45, 2.75) is 36.3 Å². The number of pyridine rings is 1. The van der Waals surface area contributed by atoms with Crippen molar-refractivity contribution in [2.75, 3.05) is 13.1 Å². The van der Waals surface area contributed by atoms with E-state index in [4.69, 9.17) is 4.84 Å². The molecule has 10 heteroatoms. The summed E-state index contributed by atoms with van der Waals surface area (Å²) in [5, 5.41) is 6.72. The van der Waals surface area contributed by atoms with E-state index in [1.807, 2.05) is 0 Å². The monoisotopic (exact) mass is 432 g/mol. The highest BCUT2D eigenvalue weighted by Gasteiger charge is 2.47. The molecule has 2 aromatic rings. The molecule has 1 unspecified atom stereocenters. The van der Waals surface area contributed by atoms with Crippen molar-refractivity contribution >= 4 is 21.6 Å². The quantitative estimate of drug-likeness (QED) is 0.777. The molecule has 4 rings (SSSR count). The Morgan fingerprint density at radius 3 is 2.83 bits per heavy atom. The lowest BCUT2D eigenvalue weighted by Crippen LogP contribution is -2.50. The second-order valence-electron chi connectivity index (χ2n) is 7.43. The molecule has 1 N–H and O–H groups in total. The number of rotatable bonds is 5. The summed E-state index contributed by atoms with van der Waals surface area (Å²) in [5.41, 5.74) is 0.244. The molecule has 1 spiro atoms. The molecular weight excluding hydrogens is 411 g/mol. The summed E-state index contributed by atoms with van der Waals surface area (Å²) < 4.78 is 40.7. The van der Waals surface area contributed by atoms with Gasteiger partial charge in [-0.1, -0.05) is 11.2 Å². The van der Waals surface area contributed by atoms with Crippen LogP contribution in [0.1, 0.15) is 24.8 Å². The van der Waals surface area contributed by atoms with E-state index >= 15 is 0 Å². The van der Waals surface area contributed by atoms with Crippen molar-refractivity contribution in [2.24, 2.45) is 5.16 Å². The highest BCUT2D eigenvalue weighted by molar-refractivity contribution is 7.89. The fraction of sp³-hybridized carbons (Fsp3) is 0.350. The highest BCUT2D eigenvalue weighted by Crippen LogP contribution is 2.35. The summed E-state index contributed by atoms with van der Waals surface area (Å²) in [7, 11) is -3.88. The Balaban J connectivity index is 1.42. The maximum Gasteiger partial charge on any atom is 0.269 e. The molecule has 1 aromatic carbocycles. The molecule has 0 bridgehead atoms. The predicted octanol–water partition coefficient (Wildman–Crippen LogP) is 1.84. The van der Waals surface area contributed by atoms with E-state index in [0.29, 0.717) is 25.9 Å². The molecule has 1 amide bonds. The van der Waals surface area contributed by atoms with E-state index in [0.717, 1.165) is 11.6 Å². The Hall–Kier alpha value is -2.85. The van der Waals surface area contributed by atoms with Gasteiger partial charge in [-0.15, -0.1) is 0 Å². The number of oxime groups is 1. The van der Waals surface area contributed by atoms with Crippen molar-refractivity contribution in [3.05, 3.63) is 60.2 Å². The Morgan fingerprint density at radius 1 is 1.27 bits per heavy atom. The molecule has 0 saturated carbocycles. The first-order valence-corrected chi connectivity index (χ1v) is 11.0. The fourth-order valence-electron chi connectivity index (χ4n) is 3.69. The third-order valence-electron chi connectivity index (χ3n) is 5.24. The van der Waals surface area contributed by atoms with Gasteiger partial charge in [0.2, 0.25) is 10.0 Å². The van der Waals surface area contributed by atoms with E-state index in [9.17, 15) is 17.6 Å². The van der Waals surface area contributed by atoms with Crippen LogP contribution in [0.5, 0.6) is 0 Å². The van der Waals surface area contributed by atoms with Crippen LogP contribution < -0.4 is 5.32 Å². The first kappa shape index (κ1) is 20.4. The van der Waals surface area contributed by atoms with Crippen molar-refractivity contribution in [3.63, 3.8) is 0 Å². The number of nitrogens with one attached hydrogen (secondary N) is 1. The molecule has 1 atom stereocenters. The van der Waals surface area contributed by atoms with Gasteiger partial charge in [0.1, 0.15) is 11.5 Å². The number of sulfonamides is 1. The Kier molecular flexibility index (Phi) is 5.52. The lowest BCUT2D eigenvalue weighted by atomic mass is 9.89. The minimum atomic E-state index is -3.88. The van der Waals surface area contributed by atoms with Gasteiger partial charge < -0.3 is 10.2 Å². The van der Waals surface area contributed by atoms with Gasteiger partial charge in [0, 0.05) is 31.9 Å². The maximum absolute atomic E-state index is 13.5. The van der Waals surface area contributed by atoms with E-state index < -0.39 is 21.4 Å². The van der Waals surface area contributed by atoms with Crippen molar-refractivity contribution < 1.29 is 22.4 Å². The summed E-state index contributed by atoms with van der Waals surface area (Å²) in [4.78, 5) is 21.9. The zero-order valence-corrected chi connectivity index (χ0v) is 16.9. The largest absolute Gasteiger partial charge is 0.387 e. The van der Waals surface area contributed by atoms with Gasteiger partial charge in [-0.05, 0) is 48.7 Å². The van der Waals surface area contributed by atoms with E-state index in [1.54, 1.807) is 24.5 Å². The third-order valence-corrected chi connectivity index (χ3v) is 7.08. The van der Waals surface area contributed by atoms with Crippen LogP contribution in [0.15, 0.2) is 58.8 Å². The van der Waals surface area contributed by atoms with Crippen molar-refractivity contribution in [3.8, 4) is 0 Å². The number of hydrogen-bond donors (Lipinski definition) is 1. The van der Waals surface area contributed by atoms with Crippen LogP contribution in [0.3, 0.4) is 0 Å². The number of nitrogens with zero attached hydrogens (tertiary/aromatic N) is 3. The van der Waals surface area contributed by atoms with Crippen LogP contribution in [-0.4, -0.2) is 48.0 Å². The molecule has 0 aliphatic carbocycles. The number of piperidine rings is 1. The molecule has 1 fully saturated rings. The second kappa shape index (κ2) is 8.11. The molecule has 8 nitrogen and oxygen atoms in total. The lowest BCUT2D eigenvalue weighted by molar-refractivity contribution is -0.115. The first-order valence-electron chi connectivity index (χ1n) is 9.56. The van der Waals surface area contributed by atoms with Gasteiger partial charge in [0.15, 0.2) is 5.60 Å². The van der Waals surface area contributed by atoms with Crippen LogP contribution >= 0.6 is 0 Å².